The lowest BCUT2D eigenvalue weighted by Gasteiger charge is -2.32. The van der Waals surface area contributed by atoms with E-state index in [1.807, 2.05) is 4.90 Å². The molecule has 0 aliphatic carbocycles. The van der Waals surface area contributed by atoms with Gasteiger partial charge in [-0.25, -0.2) is 9.97 Å². The summed E-state index contributed by atoms with van der Waals surface area (Å²) in [6.07, 6.45) is 6.82. The van der Waals surface area contributed by atoms with Gasteiger partial charge in [0.15, 0.2) is 0 Å². The molecule has 0 bridgehead atoms. The first kappa shape index (κ1) is 15.3. The summed E-state index contributed by atoms with van der Waals surface area (Å²) in [5, 5.41) is 8.76. The number of carbonyl (C=O) groups is 1. The SMILES string of the molecule is O=C(O)CCc1cncc([C@H]2CN(c3ncccn3)CCO2)n1. The average molecular weight is 315 g/mol. The van der Waals surface area contributed by atoms with E-state index >= 15 is 0 Å². The van der Waals surface area contributed by atoms with Crippen LogP contribution in [-0.2, 0) is 16.0 Å². The number of carboxylic acids is 1. The lowest BCUT2D eigenvalue weighted by atomic mass is 10.2. The van der Waals surface area contributed by atoms with Gasteiger partial charge in [-0.15, -0.1) is 0 Å². The fraction of sp³-hybridized carbons (Fsp3) is 0.400. The van der Waals surface area contributed by atoms with Crippen molar-refractivity contribution in [1.82, 2.24) is 19.9 Å². The van der Waals surface area contributed by atoms with Gasteiger partial charge in [0.1, 0.15) is 6.10 Å². The molecule has 1 aliphatic rings. The molecule has 2 aromatic rings. The molecule has 1 aliphatic heterocycles. The van der Waals surface area contributed by atoms with Gasteiger partial charge in [-0.2, -0.15) is 0 Å². The zero-order valence-corrected chi connectivity index (χ0v) is 12.5. The molecule has 23 heavy (non-hydrogen) atoms. The highest BCUT2D eigenvalue weighted by atomic mass is 16.5. The largest absolute Gasteiger partial charge is 0.481 e. The molecule has 8 nitrogen and oxygen atoms in total. The maximum Gasteiger partial charge on any atom is 0.303 e. The van der Waals surface area contributed by atoms with Gasteiger partial charge >= 0.3 is 5.97 Å². The molecule has 3 heterocycles. The standard InChI is InChI=1S/C15H17N5O3/c21-14(22)3-2-11-8-16-9-12(19-11)13-10-20(6-7-23-13)15-17-4-1-5-18-15/h1,4-5,8-9,13H,2-3,6-7,10H2,(H,21,22)/t13-/m1/s1. The summed E-state index contributed by atoms with van der Waals surface area (Å²) >= 11 is 0. The molecule has 0 spiro atoms. The maximum absolute atomic E-state index is 10.7. The van der Waals surface area contributed by atoms with Crippen LogP contribution in [0.15, 0.2) is 30.9 Å². The molecule has 0 saturated carbocycles. The normalized spacial score (nSPS) is 17.9. The van der Waals surface area contributed by atoms with Crippen molar-refractivity contribution in [2.45, 2.75) is 18.9 Å². The number of nitrogens with zero attached hydrogens (tertiary/aromatic N) is 5. The molecule has 0 aromatic carbocycles. The van der Waals surface area contributed by atoms with Crippen molar-refractivity contribution in [3.05, 3.63) is 42.2 Å². The molecule has 1 saturated heterocycles. The Morgan fingerprint density at radius 2 is 2.17 bits per heavy atom. The number of morpholine rings is 1. The molecule has 1 fully saturated rings. The highest BCUT2D eigenvalue weighted by molar-refractivity contribution is 5.66. The molecule has 0 amide bonds. The van der Waals surface area contributed by atoms with E-state index < -0.39 is 5.97 Å². The zero-order chi connectivity index (χ0) is 16.1. The summed E-state index contributed by atoms with van der Waals surface area (Å²) in [6.45, 7) is 1.84. The predicted octanol–water partition coefficient (Wildman–Crippen LogP) is 0.862. The average Bonchev–Trinajstić information content (AvgIpc) is 2.61. The van der Waals surface area contributed by atoms with E-state index in [0.29, 0.717) is 43.5 Å². The fourth-order valence-electron chi connectivity index (χ4n) is 2.40. The minimum Gasteiger partial charge on any atom is -0.481 e. The Balaban J connectivity index is 1.71. The lowest BCUT2D eigenvalue weighted by molar-refractivity contribution is -0.136. The van der Waals surface area contributed by atoms with Crippen LogP contribution in [0.2, 0.25) is 0 Å². The van der Waals surface area contributed by atoms with E-state index in [9.17, 15) is 4.79 Å². The number of rotatable bonds is 5. The van der Waals surface area contributed by atoms with Crippen molar-refractivity contribution in [3.63, 3.8) is 0 Å². The van der Waals surface area contributed by atoms with Crippen LogP contribution in [0, 0.1) is 0 Å². The second kappa shape index (κ2) is 7.10. The topological polar surface area (TPSA) is 101 Å². The highest BCUT2D eigenvalue weighted by Gasteiger charge is 2.25. The molecule has 0 radical (unpaired) electrons. The van der Waals surface area contributed by atoms with Crippen LogP contribution in [0.5, 0.6) is 0 Å². The van der Waals surface area contributed by atoms with Crippen LogP contribution in [0.4, 0.5) is 5.95 Å². The van der Waals surface area contributed by atoms with Crippen molar-refractivity contribution in [2.75, 3.05) is 24.6 Å². The smallest absolute Gasteiger partial charge is 0.303 e. The monoisotopic (exact) mass is 315 g/mol. The summed E-state index contributed by atoms with van der Waals surface area (Å²) < 4.78 is 5.78. The van der Waals surface area contributed by atoms with Crippen LogP contribution in [0.1, 0.15) is 23.9 Å². The minimum absolute atomic E-state index is 0.0354. The van der Waals surface area contributed by atoms with Crippen LogP contribution in [0.3, 0.4) is 0 Å². The Bertz CT molecular complexity index is 667. The van der Waals surface area contributed by atoms with Crippen molar-refractivity contribution < 1.29 is 14.6 Å². The van der Waals surface area contributed by atoms with Crippen LogP contribution in [0.25, 0.3) is 0 Å². The van der Waals surface area contributed by atoms with Gasteiger partial charge in [0.25, 0.3) is 0 Å². The van der Waals surface area contributed by atoms with Crippen molar-refractivity contribution in [3.8, 4) is 0 Å². The molecule has 120 valence electrons. The van der Waals surface area contributed by atoms with Crippen molar-refractivity contribution in [2.24, 2.45) is 0 Å². The van der Waals surface area contributed by atoms with Gasteiger partial charge in [0.05, 0.1) is 37.2 Å². The first-order chi connectivity index (χ1) is 11.2. The van der Waals surface area contributed by atoms with Crippen molar-refractivity contribution in [1.29, 1.82) is 0 Å². The summed E-state index contributed by atoms with van der Waals surface area (Å²) in [4.78, 5) is 29.8. The van der Waals surface area contributed by atoms with Gasteiger partial charge in [0, 0.05) is 31.6 Å². The highest BCUT2D eigenvalue weighted by Crippen LogP contribution is 2.22. The third-order valence-corrected chi connectivity index (χ3v) is 3.53. The molecule has 1 atom stereocenters. The summed E-state index contributed by atoms with van der Waals surface area (Å²) in [5.74, 6) is -0.186. The molecule has 2 aromatic heterocycles. The van der Waals surface area contributed by atoms with Gasteiger partial charge in [-0.1, -0.05) is 0 Å². The minimum atomic E-state index is -0.849. The van der Waals surface area contributed by atoms with Crippen molar-refractivity contribution >= 4 is 11.9 Å². The van der Waals surface area contributed by atoms with E-state index in [1.165, 1.54) is 0 Å². The van der Waals surface area contributed by atoms with E-state index in [2.05, 4.69) is 19.9 Å². The number of hydrogen-bond donors (Lipinski definition) is 1. The Labute approximate surface area is 133 Å². The third-order valence-electron chi connectivity index (χ3n) is 3.53. The first-order valence-corrected chi connectivity index (χ1v) is 7.38. The Hall–Kier alpha value is -2.61. The predicted molar refractivity (Wildman–Crippen MR) is 80.9 cm³/mol. The lowest BCUT2D eigenvalue weighted by Crippen LogP contribution is -2.39. The molecule has 8 heteroatoms. The van der Waals surface area contributed by atoms with Gasteiger partial charge in [-0.05, 0) is 6.07 Å². The number of aryl methyl sites for hydroxylation is 1. The molecule has 3 rings (SSSR count). The number of aliphatic carboxylic acids is 1. The molecular weight excluding hydrogens is 298 g/mol. The van der Waals surface area contributed by atoms with Crippen LogP contribution < -0.4 is 4.90 Å². The van der Waals surface area contributed by atoms with E-state index in [-0.39, 0.29) is 12.5 Å². The summed E-state index contributed by atoms with van der Waals surface area (Å²) in [6, 6.07) is 1.78. The Kier molecular flexibility index (Phi) is 4.72. The van der Waals surface area contributed by atoms with E-state index in [0.717, 1.165) is 0 Å². The first-order valence-electron chi connectivity index (χ1n) is 7.38. The Morgan fingerprint density at radius 1 is 1.35 bits per heavy atom. The van der Waals surface area contributed by atoms with Gasteiger partial charge in [0.2, 0.25) is 5.95 Å². The second-order valence-electron chi connectivity index (χ2n) is 5.18. The molecular formula is C15H17N5O3. The van der Waals surface area contributed by atoms with E-state index in [1.54, 1.807) is 30.9 Å². The number of anilines is 1. The molecule has 0 unspecified atom stereocenters. The summed E-state index contributed by atoms with van der Waals surface area (Å²) in [5.41, 5.74) is 1.36. The third kappa shape index (κ3) is 3.98. The van der Waals surface area contributed by atoms with Gasteiger partial charge < -0.3 is 14.7 Å². The number of carboxylic acid groups (broad SMARTS) is 1. The Morgan fingerprint density at radius 3 is 2.96 bits per heavy atom. The maximum atomic E-state index is 10.7. The van der Waals surface area contributed by atoms with Crippen LogP contribution in [-0.4, -0.2) is 50.7 Å². The van der Waals surface area contributed by atoms with E-state index in [4.69, 9.17) is 9.84 Å². The number of ether oxygens (including phenoxy) is 1. The van der Waals surface area contributed by atoms with Gasteiger partial charge in [-0.3, -0.25) is 14.8 Å². The zero-order valence-electron chi connectivity index (χ0n) is 12.5. The second-order valence-corrected chi connectivity index (χ2v) is 5.18. The molecule has 1 N–H and O–H groups in total. The quantitative estimate of drug-likeness (QED) is 0.867. The summed E-state index contributed by atoms with van der Waals surface area (Å²) in [7, 11) is 0. The fourth-order valence-corrected chi connectivity index (χ4v) is 2.40. The van der Waals surface area contributed by atoms with Crippen LogP contribution >= 0.6 is 0 Å². The number of aromatic nitrogens is 4. The number of hydrogen-bond acceptors (Lipinski definition) is 7.